The fourth-order valence-corrected chi connectivity index (χ4v) is 3.10. The van der Waals surface area contributed by atoms with Crippen molar-refractivity contribution < 1.29 is 24.2 Å². The second-order valence-electron chi connectivity index (χ2n) is 6.74. The summed E-state index contributed by atoms with van der Waals surface area (Å²) in [5.74, 6) is -1.76. The number of rotatable bonds is 10. The topological polar surface area (TPSA) is 87.2 Å². The Morgan fingerprint density at radius 3 is 2.78 bits per heavy atom. The maximum atomic E-state index is 13.0. The molecule has 2 amide bonds. The maximum Gasteiger partial charge on any atom is 0.308 e. The van der Waals surface area contributed by atoms with Crippen molar-refractivity contribution in [1.29, 1.82) is 0 Å². The Morgan fingerprint density at radius 2 is 2.15 bits per heavy atom. The third-order valence-corrected chi connectivity index (χ3v) is 4.60. The molecule has 7 heteroatoms. The number of carboxylic acids is 1. The molecule has 0 aromatic heterocycles. The average Bonchev–Trinajstić information content (AvgIpc) is 3.09. The Morgan fingerprint density at radius 1 is 1.37 bits per heavy atom. The molecule has 27 heavy (non-hydrogen) atoms. The molecule has 1 N–H and O–H groups in total. The van der Waals surface area contributed by atoms with Gasteiger partial charge in [0.25, 0.3) is 5.91 Å². The highest BCUT2D eigenvalue weighted by atomic mass is 16.5. The van der Waals surface area contributed by atoms with E-state index in [4.69, 9.17) is 4.74 Å². The summed E-state index contributed by atoms with van der Waals surface area (Å²) in [7, 11) is 0. The molecule has 0 spiro atoms. The normalized spacial score (nSPS) is 15.0. The monoisotopic (exact) mass is 376 g/mol. The summed E-state index contributed by atoms with van der Waals surface area (Å²) in [4.78, 5) is 39.4. The first-order valence-corrected chi connectivity index (χ1v) is 9.44. The summed E-state index contributed by atoms with van der Waals surface area (Å²) in [6.07, 6.45) is 1.98. The van der Waals surface area contributed by atoms with Crippen molar-refractivity contribution in [2.75, 3.05) is 37.7 Å². The number of aliphatic carboxylic acids is 1. The summed E-state index contributed by atoms with van der Waals surface area (Å²) in [6.45, 7) is 5.82. The van der Waals surface area contributed by atoms with Crippen molar-refractivity contribution in [3.63, 3.8) is 0 Å². The van der Waals surface area contributed by atoms with E-state index in [9.17, 15) is 19.5 Å². The number of anilines is 1. The van der Waals surface area contributed by atoms with Gasteiger partial charge in [-0.3, -0.25) is 14.4 Å². The first-order chi connectivity index (χ1) is 12.9. The van der Waals surface area contributed by atoms with Crippen LogP contribution in [0, 0.1) is 5.92 Å². The van der Waals surface area contributed by atoms with E-state index in [1.165, 1.54) is 0 Å². The third-order valence-electron chi connectivity index (χ3n) is 4.60. The predicted molar refractivity (Wildman–Crippen MR) is 102 cm³/mol. The number of carboxylic acid groups (broad SMARTS) is 1. The standard InChI is InChI=1S/C20H28N2O5/c1-3-27-12-6-10-21(14-15(2)20(25)26)19(24)16-7-4-8-17(13-16)22-11-5-9-18(22)23/h4,7-8,13,15H,3,5-6,9-12,14H2,1-2H3,(H,25,26). The van der Waals surface area contributed by atoms with Gasteiger partial charge < -0.3 is 19.6 Å². The van der Waals surface area contributed by atoms with Gasteiger partial charge in [0.1, 0.15) is 0 Å². The highest BCUT2D eigenvalue weighted by Gasteiger charge is 2.24. The number of amides is 2. The molecule has 1 atom stereocenters. The van der Waals surface area contributed by atoms with Crippen LogP contribution < -0.4 is 4.90 Å². The minimum Gasteiger partial charge on any atom is -0.481 e. The number of ether oxygens (including phenoxy) is 1. The van der Waals surface area contributed by atoms with E-state index in [2.05, 4.69) is 0 Å². The van der Waals surface area contributed by atoms with Crippen LogP contribution in [0.15, 0.2) is 24.3 Å². The summed E-state index contributed by atoms with van der Waals surface area (Å²) in [6, 6.07) is 6.99. The van der Waals surface area contributed by atoms with Gasteiger partial charge in [0.15, 0.2) is 0 Å². The van der Waals surface area contributed by atoms with Crippen LogP contribution in [0.5, 0.6) is 0 Å². The Kier molecular flexibility index (Phi) is 7.79. The Hall–Kier alpha value is -2.41. The number of hydrogen-bond donors (Lipinski definition) is 1. The molecule has 0 radical (unpaired) electrons. The highest BCUT2D eigenvalue weighted by Crippen LogP contribution is 2.23. The maximum absolute atomic E-state index is 13.0. The van der Waals surface area contributed by atoms with Crippen LogP contribution in [0.2, 0.25) is 0 Å². The van der Waals surface area contributed by atoms with Crippen LogP contribution in [0.3, 0.4) is 0 Å². The number of carbonyl (C=O) groups is 3. The molecule has 2 rings (SSSR count). The van der Waals surface area contributed by atoms with E-state index in [-0.39, 0.29) is 18.4 Å². The van der Waals surface area contributed by atoms with Gasteiger partial charge in [-0.2, -0.15) is 0 Å². The summed E-state index contributed by atoms with van der Waals surface area (Å²) in [5.41, 5.74) is 1.17. The van der Waals surface area contributed by atoms with E-state index in [0.29, 0.717) is 50.4 Å². The van der Waals surface area contributed by atoms with Crippen molar-refractivity contribution in [2.45, 2.75) is 33.1 Å². The largest absolute Gasteiger partial charge is 0.481 e. The van der Waals surface area contributed by atoms with Crippen LogP contribution in [-0.2, 0) is 14.3 Å². The van der Waals surface area contributed by atoms with Gasteiger partial charge in [-0.05, 0) is 38.0 Å². The fourth-order valence-electron chi connectivity index (χ4n) is 3.10. The van der Waals surface area contributed by atoms with Crippen molar-refractivity contribution in [1.82, 2.24) is 4.90 Å². The molecule has 0 bridgehead atoms. The van der Waals surface area contributed by atoms with Crippen molar-refractivity contribution in [3.05, 3.63) is 29.8 Å². The zero-order valence-corrected chi connectivity index (χ0v) is 16.0. The quantitative estimate of drug-likeness (QED) is 0.634. The molecule has 1 aliphatic heterocycles. The minimum absolute atomic E-state index is 0.0627. The first-order valence-electron chi connectivity index (χ1n) is 9.44. The van der Waals surface area contributed by atoms with Gasteiger partial charge in [-0.1, -0.05) is 13.0 Å². The van der Waals surface area contributed by atoms with Gasteiger partial charge >= 0.3 is 5.97 Å². The van der Waals surface area contributed by atoms with Gasteiger partial charge in [0.2, 0.25) is 5.91 Å². The lowest BCUT2D eigenvalue weighted by atomic mass is 10.1. The molecular weight excluding hydrogens is 348 g/mol. The molecule has 7 nitrogen and oxygen atoms in total. The SMILES string of the molecule is CCOCCCN(CC(C)C(=O)O)C(=O)c1cccc(N2CCCC2=O)c1. The van der Waals surface area contributed by atoms with E-state index in [1.54, 1.807) is 34.9 Å². The van der Waals surface area contributed by atoms with Crippen molar-refractivity contribution >= 4 is 23.5 Å². The molecule has 1 aromatic rings. The molecule has 0 aliphatic carbocycles. The van der Waals surface area contributed by atoms with Crippen LogP contribution in [-0.4, -0.2) is 60.6 Å². The fraction of sp³-hybridized carbons (Fsp3) is 0.550. The van der Waals surface area contributed by atoms with E-state index in [1.807, 2.05) is 13.0 Å². The second kappa shape index (κ2) is 10.1. The molecule has 148 valence electrons. The van der Waals surface area contributed by atoms with Crippen LogP contribution in [0.4, 0.5) is 5.69 Å². The summed E-state index contributed by atoms with van der Waals surface area (Å²) < 4.78 is 5.32. The van der Waals surface area contributed by atoms with Crippen LogP contribution in [0.25, 0.3) is 0 Å². The number of hydrogen-bond acceptors (Lipinski definition) is 4. The van der Waals surface area contributed by atoms with Crippen molar-refractivity contribution in [3.8, 4) is 0 Å². The van der Waals surface area contributed by atoms with Crippen LogP contribution >= 0.6 is 0 Å². The van der Waals surface area contributed by atoms with E-state index >= 15 is 0 Å². The Labute approximate surface area is 159 Å². The average molecular weight is 376 g/mol. The summed E-state index contributed by atoms with van der Waals surface area (Å²) >= 11 is 0. The van der Waals surface area contributed by atoms with Crippen molar-refractivity contribution in [2.24, 2.45) is 5.92 Å². The molecule has 1 fully saturated rings. The zero-order chi connectivity index (χ0) is 19.8. The predicted octanol–water partition coefficient (Wildman–Crippen LogP) is 2.40. The van der Waals surface area contributed by atoms with Crippen LogP contribution in [0.1, 0.15) is 43.5 Å². The highest BCUT2D eigenvalue weighted by molar-refractivity contribution is 5.99. The lowest BCUT2D eigenvalue weighted by Crippen LogP contribution is -2.38. The summed E-state index contributed by atoms with van der Waals surface area (Å²) in [5, 5.41) is 9.20. The Balaban J connectivity index is 2.14. The molecule has 1 saturated heterocycles. The van der Waals surface area contributed by atoms with Gasteiger partial charge in [0.05, 0.1) is 5.92 Å². The molecule has 1 heterocycles. The van der Waals surface area contributed by atoms with Gasteiger partial charge in [-0.15, -0.1) is 0 Å². The molecule has 0 saturated carbocycles. The zero-order valence-electron chi connectivity index (χ0n) is 16.0. The van der Waals surface area contributed by atoms with Gasteiger partial charge in [-0.25, -0.2) is 0 Å². The Bertz CT molecular complexity index is 676. The smallest absolute Gasteiger partial charge is 0.308 e. The second-order valence-corrected chi connectivity index (χ2v) is 6.74. The lowest BCUT2D eigenvalue weighted by molar-refractivity contribution is -0.141. The third kappa shape index (κ3) is 5.79. The molecule has 1 unspecified atom stereocenters. The number of benzene rings is 1. The number of carbonyl (C=O) groups excluding carboxylic acids is 2. The lowest BCUT2D eigenvalue weighted by Gasteiger charge is -2.25. The first kappa shape index (κ1) is 20.9. The van der Waals surface area contributed by atoms with E-state index in [0.717, 1.165) is 6.42 Å². The minimum atomic E-state index is -0.936. The molecular formula is C20H28N2O5. The van der Waals surface area contributed by atoms with Gasteiger partial charge in [0, 0.05) is 50.5 Å². The van der Waals surface area contributed by atoms with E-state index < -0.39 is 11.9 Å². The number of nitrogens with zero attached hydrogens (tertiary/aromatic N) is 2. The molecule has 1 aliphatic rings. The molecule has 1 aromatic carbocycles.